The van der Waals surface area contributed by atoms with Crippen molar-refractivity contribution in [3.05, 3.63) is 23.4 Å². The Labute approximate surface area is 113 Å². The van der Waals surface area contributed by atoms with Gasteiger partial charge in [0, 0.05) is 25.3 Å². The maximum Gasteiger partial charge on any atom is 0.339 e. The van der Waals surface area contributed by atoms with Crippen LogP contribution in [-0.2, 0) is 4.74 Å². The number of carbonyl (C=O) groups is 1. The fraction of sp³-hybridized carbons (Fsp3) is 0.571. The summed E-state index contributed by atoms with van der Waals surface area (Å²) < 4.78 is 5.63. The Morgan fingerprint density at radius 2 is 2.42 bits per heavy atom. The van der Waals surface area contributed by atoms with Gasteiger partial charge in [0.15, 0.2) is 0 Å². The van der Waals surface area contributed by atoms with Crippen molar-refractivity contribution >= 4 is 11.8 Å². The number of anilines is 1. The van der Waals surface area contributed by atoms with Crippen LogP contribution in [0.3, 0.4) is 0 Å². The molecule has 1 aliphatic rings. The first-order valence-corrected chi connectivity index (χ1v) is 6.67. The van der Waals surface area contributed by atoms with Crippen molar-refractivity contribution in [2.75, 3.05) is 18.5 Å². The molecule has 1 aromatic heterocycles. The fourth-order valence-corrected chi connectivity index (χ4v) is 2.57. The summed E-state index contributed by atoms with van der Waals surface area (Å²) in [6, 6.07) is 1.71. The van der Waals surface area contributed by atoms with Crippen LogP contribution in [0.5, 0.6) is 0 Å². The average Bonchev–Trinajstić information content (AvgIpc) is 2.83. The molecule has 0 spiro atoms. The van der Waals surface area contributed by atoms with Crippen LogP contribution in [0.25, 0.3) is 0 Å². The Kier molecular flexibility index (Phi) is 4.37. The molecular weight excluding hydrogens is 244 g/mol. The minimum Gasteiger partial charge on any atom is -0.478 e. The lowest BCUT2D eigenvalue weighted by atomic mass is 9.99. The van der Waals surface area contributed by atoms with E-state index in [0.717, 1.165) is 25.0 Å². The molecule has 1 fully saturated rings. The molecule has 2 atom stereocenters. The van der Waals surface area contributed by atoms with Crippen molar-refractivity contribution in [2.45, 2.75) is 32.8 Å². The molecule has 0 aliphatic carbocycles. The predicted octanol–water partition coefficient (Wildman–Crippen LogP) is 2.32. The lowest BCUT2D eigenvalue weighted by molar-refractivity contribution is 0.0696. The number of carboxylic acids is 1. The molecule has 1 aromatic rings. The predicted molar refractivity (Wildman–Crippen MR) is 72.6 cm³/mol. The number of aromatic carboxylic acids is 1. The topological polar surface area (TPSA) is 71.5 Å². The second-order valence-corrected chi connectivity index (χ2v) is 4.90. The van der Waals surface area contributed by atoms with Crippen molar-refractivity contribution in [3.8, 4) is 0 Å². The van der Waals surface area contributed by atoms with Crippen LogP contribution < -0.4 is 5.32 Å². The summed E-state index contributed by atoms with van der Waals surface area (Å²) in [4.78, 5) is 15.4. The summed E-state index contributed by atoms with van der Waals surface area (Å²) in [5.74, 6) is -0.0639. The van der Waals surface area contributed by atoms with Gasteiger partial charge in [0.2, 0.25) is 0 Å². The van der Waals surface area contributed by atoms with Crippen LogP contribution in [0.1, 0.15) is 35.7 Å². The molecule has 0 bridgehead atoms. The van der Waals surface area contributed by atoms with Crippen molar-refractivity contribution in [3.63, 3.8) is 0 Å². The highest BCUT2D eigenvalue weighted by atomic mass is 16.5. The molecule has 1 saturated heterocycles. The molecule has 1 aliphatic heterocycles. The first-order valence-electron chi connectivity index (χ1n) is 6.67. The zero-order valence-corrected chi connectivity index (χ0v) is 11.3. The van der Waals surface area contributed by atoms with Gasteiger partial charge in [0.25, 0.3) is 0 Å². The third-order valence-corrected chi connectivity index (χ3v) is 3.65. The summed E-state index contributed by atoms with van der Waals surface area (Å²) >= 11 is 0. The molecule has 104 valence electrons. The first-order chi connectivity index (χ1) is 9.13. The Morgan fingerprint density at radius 1 is 1.63 bits per heavy atom. The number of aromatic nitrogens is 1. The van der Waals surface area contributed by atoms with Gasteiger partial charge < -0.3 is 15.2 Å². The van der Waals surface area contributed by atoms with E-state index in [1.54, 1.807) is 19.2 Å². The Bertz CT molecular complexity index is 462. The first kappa shape index (κ1) is 13.8. The minimum atomic E-state index is -0.942. The van der Waals surface area contributed by atoms with Crippen LogP contribution in [0.4, 0.5) is 5.82 Å². The molecule has 0 amide bonds. The molecule has 2 unspecified atom stereocenters. The van der Waals surface area contributed by atoms with E-state index in [9.17, 15) is 9.90 Å². The van der Waals surface area contributed by atoms with Crippen LogP contribution in [-0.4, -0.2) is 35.3 Å². The highest BCUT2D eigenvalue weighted by Crippen LogP contribution is 2.24. The minimum absolute atomic E-state index is 0.259. The number of ether oxygens (including phenoxy) is 1. The Hall–Kier alpha value is -1.62. The van der Waals surface area contributed by atoms with Gasteiger partial charge in [-0.3, -0.25) is 0 Å². The number of carboxylic acid groups (broad SMARTS) is 1. The van der Waals surface area contributed by atoms with Crippen LogP contribution in [0.2, 0.25) is 0 Å². The number of nitrogens with one attached hydrogen (secondary N) is 1. The van der Waals surface area contributed by atoms with Crippen LogP contribution in [0.15, 0.2) is 12.3 Å². The number of rotatable bonds is 5. The second-order valence-electron chi connectivity index (χ2n) is 4.90. The highest BCUT2D eigenvalue weighted by Gasteiger charge is 2.27. The van der Waals surface area contributed by atoms with Gasteiger partial charge in [-0.25, -0.2) is 9.78 Å². The molecule has 0 radical (unpaired) electrons. The Morgan fingerprint density at radius 3 is 3.11 bits per heavy atom. The maximum absolute atomic E-state index is 11.3. The maximum atomic E-state index is 11.3. The van der Waals surface area contributed by atoms with E-state index >= 15 is 0 Å². The van der Waals surface area contributed by atoms with Crippen LogP contribution in [0, 0.1) is 12.8 Å². The van der Waals surface area contributed by atoms with Gasteiger partial charge in [0.05, 0.1) is 6.10 Å². The van der Waals surface area contributed by atoms with Gasteiger partial charge in [-0.2, -0.15) is 0 Å². The standard InChI is InChI=1S/C14H20N2O3/c1-3-11-10(5-7-19-11)8-16-13-12(14(17)18)9(2)4-6-15-13/h4,6,10-11H,3,5,7-8H2,1-2H3,(H,15,16)(H,17,18). The van der Waals surface area contributed by atoms with Crippen LogP contribution >= 0.6 is 0 Å². The van der Waals surface area contributed by atoms with Crippen molar-refractivity contribution < 1.29 is 14.6 Å². The summed E-state index contributed by atoms with van der Waals surface area (Å²) in [6.45, 7) is 5.38. The molecule has 0 aromatic carbocycles. The largest absolute Gasteiger partial charge is 0.478 e. The van der Waals surface area contributed by atoms with E-state index in [2.05, 4.69) is 17.2 Å². The fourth-order valence-electron chi connectivity index (χ4n) is 2.57. The number of hydrogen-bond donors (Lipinski definition) is 2. The Balaban J connectivity index is 2.07. The van der Waals surface area contributed by atoms with Gasteiger partial charge in [-0.05, 0) is 31.4 Å². The third-order valence-electron chi connectivity index (χ3n) is 3.65. The van der Waals surface area contributed by atoms with Gasteiger partial charge in [-0.1, -0.05) is 6.92 Å². The molecule has 5 heteroatoms. The second kappa shape index (κ2) is 6.02. The lowest BCUT2D eigenvalue weighted by Gasteiger charge is -2.18. The van der Waals surface area contributed by atoms with Crippen molar-refractivity contribution in [2.24, 2.45) is 5.92 Å². The number of pyridine rings is 1. The van der Waals surface area contributed by atoms with Crippen molar-refractivity contribution in [1.29, 1.82) is 0 Å². The molecule has 2 N–H and O–H groups in total. The van der Waals surface area contributed by atoms with E-state index in [-0.39, 0.29) is 11.7 Å². The molecule has 2 heterocycles. The molecule has 5 nitrogen and oxygen atoms in total. The van der Waals surface area contributed by atoms with Crippen molar-refractivity contribution in [1.82, 2.24) is 4.98 Å². The van der Waals surface area contributed by atoms with E-state index in [1.807, 2.05) is 0 Å². The normalized spacial score (nSPS) is 22.4. The summed E-state index contributed by atoms with van der Waals surface area (Å²) in [7, 11) is 0. The van der Waals surface area contributed by atoms with E-state index in [4.69, 9.17) is 4.74 Å². The smallest absolute Gasteiger partial charge is 0.339 e. The van der Waals surface area contributed by atoms with E-state index < -0.39 is 5.97 Å². The van der Waals surface area contributed by atoms with Gasteiger partial charge >= 0.3 is 5.97 Å². The lowest BCUT2D eigenvalue weighted by Crippen LogP contribution is -2.24. The van der Waals surface area contributed by atoms with E-state index in [1.165, 1.54) is 0 Å². The molecule has 2 rings (SSSR count). The number of aryl methyl sites for hydroxylation is 1. The summed E-state index contributed by atoms with van der Waals surface area (Å²) in [5.41, 5.74) is 0.981. The number of hydrogen-bond acceptors (Lipinski definition) is 4. The third kappa shape index (κ3) is 3.04. The zero-order valence-electron chi connectivity index (χ0n) is 11.3. The summed E-state index contributed by atoms with van der Waals surface area (Å²) in [5, 5.41) is 12.4. The van der Waals surface area contributed by atoms with Gasteiger partial charge in [0.1, 0.15) is 11.4 Å². The van der Waals surface area contributed by atoms with E-state index in [0.29, 0.717) is 18.3 Å². The SMILES string of the molecule is CCC1OCCC1CNc1nccc(C)c1C(=O)O. The highest BCUT2D eigenvalue weighted by molar-refractivity contribution is 5.94. The molecular formula is C14H20N2O3. The average molecular weight is 264 g/mol. The molecule has 19 heavy (non-hydrogen) atoms. The number of nitrogens with zero attached hydrogens (tertiary/aromatic N) is 1. The zero-order chi connectivity index (χ0) is 13.8. The van der Waals surface area contributed by atoms with Gasteiger partial charge in [-0.15, -0.1) is 0 Å². The monoisotopic (exact) mass is 264 g/mol. The quantitative estimate of drug-likeness (QED) is 0.854. The summed E-state index contributed by atoms with van der Waals surface area (Å²) in [6.07, 6.45) is 3.90. The molecule has 0 saturated carbocycles.